The van der Waals surface area contributed by atoms with Gasteiger partial charge in [0.15, 0.2) is 5.16 Å². The maximum atomic E-state index is 14.1. The lowest BCUT2D eigenvalue weighted by Gasteiger charge is -2.27. The van der Waals surface area contributed by atoms with Gasteiger partial charge in [0, 0.05) is 5.70 Å². The summed E-state index contributed by atoms with van der Waals surface area (Å²) < 4.78 is 21.1. The molecule has 1 amide bonds. The first-order chi connectivity index (χ1) is 14.2. The van der Waals surface area contributed by atoms with Crippen LogP contribution in [0.4, 0.5) is 4.39 Å². The summed E-state index contributed by atoms with van der Waals surface area (Å²) >= 11 is 1.24. The molecule has 1 aliphatic carbocycles. The molecule has 0 fully saturated rings. The predicted octanol–water partition coefficient (Wildman–Crippen LogP) is 4.58. The number of carbonyl (C=O) groups is 1. The van der Waals surface area contributed by atoms with Crippen LogP contribution in [0.1, 0.15) is 31.4 Å². The Morgan fingerprint density at radius 1 is 1.24 bits per heavy atom. The van der Waals surface area contributed by atoms with E-state index in [9.17, 15) is 9.18 Å². The van der Waals surface area contributed by atoms with Gasteiger partial charge in [0.2, 0.25) is 5.91 Å². The molecule has 2 heterocycles. The molecule has 1 aliphatic rings. The molecule has 0 saturated heterocycles. The van der Waals surface area contributed by atoms with Crippen LogP contribution in [0.5, 0.6) is 0 Å². The second-order valence-electron chi connectivity index (χ2n) is 6.72. The van der Waals surface area contributed by atoms with E-state index in [0.717, 1.165) is 37.1 Å². The summed E-state index contributed by atoms with van der Waals surface area (Å²) in [6.07, 6.45) is 9.27. The van der Waals surface area contributed by atoms with Gasteiger partial charge in [-0.2, -0.15) is 0 Å². The molecule has 8 heteroatoms. The quantitative estimate of drug-likeness (QED) is 0.532. The zero-order chi connectivity index (χ0) is 20.1. The number of thioether (sulfide) groups is 1. The Kier molecular flexibility index (Phi) is 6.09. The van der Waals surface area contributed by atoms with Crippen molar-refractivity contribution in [2.75, 3.05) is 5.75 Å². The van der Waals surface area contributed by atoms with E-state index < -0.39 is 0 Å². The highest BCUT2D eigenvalue weighted by atomic mass is 32.2. The van der Waals surface area contributed by atoms with Gasteiger partial charge in [-0.15, -0.1) is 10.2 Å². The molecule has 2 aromatic heterocycles. The second-order valence-corrected chi connectivity index (χ2v) is 7.67. The third-order valence-electron chi connectivity index (χ3n) is 4.76. The number of rotatable bonds is 7. The number of furan rings is 1. The van der Waals surface area contributed by atoms with Crippen LogP contribution < -0.4 is 0 Å². The molecule has 4 rings (SSSR count). The number of allylic oxidation sites excluding steroid dienone is 2. The van der Waals surface area contributed by atoms with Crippen LogP contribution in [0.25, 0.3) is 5.69 Å². The predicted molar refractivity (Wildman–Crippen MR) is 108 cm³/mol. The van der Waals surface area contributed by atoms with Gasteiger partial charge in [0.05, 0.1) is 24.2 Å². The van der Waals surface area contributed by atoms with Gasteiger partial charge in [0.25, 0.3) is 0 Å². The van der Waals surface area contributed by atoms with Crippen molar-refractivity contribution < 1.29 is 13.6 Å². The molecule has 0 atom stereocenters. The van der Waals surface area contributed by atoms with Crippen LogP contribution in [-0.4, -0.2) is 31.3 Å². The Hall–Kier alpha value is -2.87. The van der Waals surface area contributed by atoms with Gasteiger partial charge in [-0.3, -0.25) is 9.36 Å². The lowest BCUT2D eigenvalue weighted by Crippen LogP contribution is -2.32. The average molecular weight is 412 g/mol. The molecule has 1 aromatic carbocycles. The third kappa shape index (κ3) is 4.59. The van der Waals surface area contributed by atoms with Gasteiger partial charge in [-0.05, 0) is 49.9 Å². The fraction of sp³-hybridized carbons (Fsp3) is 0.286. The summed E-state index contributed by atoms with van der Waals surface area (Å²) in [6, 6.07) is 10.1. The molecule has 29 heavy (non-hydrogen) atoms. The smallest absolute Gasteiger partial charge is 0.237 e. The summed E-state index contributed by atoms with van der Waals surface area (Å²) in [5, 5.41) is 8.42. The maximum absolute atomic E-state index is 14.1. The van der Waals surface area contributed by atoms with Crippen molar-refractivity contribution in [3.05, 3.63) is 72.3 Å². The highest BCUT2D eigenvalue weighted by Crippen LogP contribution is 2.26. The van der Waals surface area contributed by atoms with E-state index in [2.05, 4.69) is 16.3 Å². The fourth-order valence-corrected chi connectivity index (χ4v) is 4.11. The summed E-state index contributed by atoms with van der Waals surface area (Å²) in [4.78, 5) is 14.9. The first-order valence-electron chi connectivity index (χ1n) is 9.52. The van der Waals surface area contributed by atoms with Crippen molar-refractivity contribution in [3.8, 4) is 5.69 Å². The number of halogens is 1. The van der Waals surface area contributed by atoms with Crippen molar-refractivity contribution in [2.24, 2.45) is 0 Å². The molecule has 6 nitrogen and oxygen atoms in total. The fourth-order valence-electron chi connectivity index (χ4n) is 3.31. The topological polar surface area (TPSA) is 64.2 Å². The molecule has 0 radical (unpaired) electrons. The molecule has 0 bridgehead atoms. The van der Waals surface area contributed by atoms with E-state index in [-0.39, 0.29) is 17.5 Å². The molecule has 0 aliphatic heterocycles. The summed E-state index contributed by atoms with van der Waals surface area (Å²) in [5.41, 5.74) is 1.39. The molecule has 0 spiro atoms. The Labute approximate surface area is 172 Å². The Morgan fingerprint density at radius 3 is 2.90 bits per heavy atom. The normalized spacial score (nSPS) is 13.9. The minimum atomic E-state index is -0.368. The average Bonchev–Trinajstić information content (AvgIpc) is 3.43. The first-order valence-corrected chi connectivity index (χ1v) is 10.5. The van der Waals surface area contributed by atoms with Crippen molar-refractivity contribution in [3.63, 3.8) is 0 Å². The standard InChI is InChI=1S/C21H21FN4O2S/c22-18-10-4-5-11-19(18)26-15-23-24-21(26)29-14-20(27)25(13-17-9-6-12-28-17)16-7-2-1-3-8-16/h4-7,9-12,15H,1-3,8,13-14H2. The highest BCUT2D eigenvalue weighted by molar-refractivity contribution is 7.99. The van der Waals surface area contributed by atoms with E-state index in [0.29, 0.717) is 17.4 Å². The lowest BCUT2D eigenvalue weighted by atomic mass is 10.0. The summed E-state index contributed by atoms with van der Waals surface area (Å²) in [5.74, 6) is 0.504. The van der Waals surface area contributed by atoms with E-state index in [1.54, 1.807) is 33.9 Å². The SMILES string of the molecule is O=C(CSc1nncn1-c1ccccc1F)N(Cc1ccco1)C1=CCCCC1. The Balaban J connectivity index is 1.49. The van der Waals surface area contributed by atoms with Crippen molar-refractivity contribution in [1.82, 2.24) is 19.7 Å². The number of nitrogens with zero attached hydrogens (tertiary/aromatic N) is 4. The van der Waals surface area contributed by atoms with Crippen molar-refractivity contribution in [2.45, 2.75) is 37.4 Å². The van der Waals surface area contributed by atoms with Crippen LogP contribution in [0, 0.1) is 5.82 Å². The van der Waals surface area contributed by atoms with Gasteiger partial charge in [0.1, 0.15) is 17.9 Å². The van der Waals surface area contributed by atoms with Crippen LogP contribution in [-0.2, 0) is 11.3 Å². The highest BCUT2D eigenvalue weighted by Gasteiger charge is 2.22. The molecular weight excluding hydrogens is 391 g/mol. The van der Waals surface area contributed by atoms with Crippen LogP contribution in [0.2, 0.25) is 0 Å². The molecule has 0 unspecified atom stereocenters. The van der Waals surface area contributed by atoms with Gasteiger partial charge < -0.3 is 9.32 Å². The van der Waals surface area contributed by atoms with Gasteiger partial charge >= 0.3 is 0 Å². The van der Waals surface area contributed by atoms with Crippen molar-refractivity contribution >= 4 is 17.7 Å². The number of para-hydroxylation sites is 1. The molecule has 3 aromatic rings. The zero-order valence-electron chi connectivity index (χ0n) is 15.8. The molecular formula is C21H21FN4O2S. The summed E-state index contributed by atoms with van der Waals surface area (Å²) in [6.45, 7) is 0.401. The third-order valence-corrected chi connectivity index (χ3v) is 5.69. The number of benzene rings is 1. The van der Waals surface area contributed by atoms with E-state index in [1.807, 2.05) is 12.1 Å². The second kappa shape index (κ2) is 9.09. The van der Waals surface area contributed by atoms with Gasteiger partial charge in [-0.25, -0.2) is 4.39 Å². The maximum Gasteiger partial charge on any atom is 0.237 e. The van der Waals surface area contributed by atoms with E-state index in [1.165, 1.54) is 24.2 Å². The largest absolute Gasteiger partial charge is 0.467 e. The van der Waals surface area contributed by atoms with Crippen LogP contribution in [0.3, 0.4) is 0 Å². The minimum absolute atomic E-state index is 0.0392. The van der Waals surface area contributed by atoms with E-state index >= 15 is 0 Å². The Bertz CT molecular complexity index is 1000. The number of carbonyl (C=O) groups excluding carboxylic acids is 1. The summed E-state index contributed by atoms with van der Waals surface area (Å²) in [7, 11) is 0. The van der Waals surface area contributed by atoms with Gasteiger partial charge in [-0.1, -0.05) is 30.0 Å². The number of hydrogen-bond donors (Lipinski definition) is 0. The van der Waals surface area contributed by atoms with E-state index in [4.69, 9.17) is 4.42 Å². The molecule has 0 N–H and O–H groups in total. The molecule has 150 valence electrons. The zero-order valence-corrected chi connectivity index (χ0v) is 16.6. The monoisotopic (exact) mass is 412 g/mol. The van der Waals surface area contributed by atoms with Crippen molar-refractivity contribution in [1.29, 1.82) is 0 Å². The number of aromatic nitrogens is 3. The first kappa shape index (κ1) is 19.4. The number of hydrogen-bond acceptors (Lipinski definition) is 5. The minimum Gasteiger partial charge on any atom is -0.467 e. The van der Waals surface area contributed by atoms with Crippen LogP contribution >= 0.6 is 11.8 Å². The Morgan fingerprint density at radius 2 is 2.14 bits per heavy atom. The molecule has 0 saturated carbocycles. The number of amides is 1. The van der Waals surface area contributed by atoms with Crippen LogP contribution in [0.15, 0.2) is 70.3 Å². The lowest BCUT2D eigenvalue weighted by molar-refractivity contribution is -0.127.